The fraction of sp³-hybridized carbons (Fsp3) is 0.308. The van der Waals surface area contributed by atoms with Crippen LogP contribution in [0.2, 0.25) is 0 Å². The fourth-order valence-electron chi connectivity index (χ4n) is 1.34. The number of nitrogens with one attached hydrogen (secondary N) is 1. The summed E-state index contributed by atoms with van der Waals surface area (Å²) in [6.45, 7) is 0.871. The van der Waals surface area contributed by atoms with Gasteiger partial charge in [0.25, 0.3) is 0 Å². The van der Waals surface area contributed by atoms with Gasteiger partial charge < -0.3 is 14.6 Å². The first-order valence-corrected chi connectivity index (χ1v) is 5.71. The van der Waals surface area contributed by atoms with Crippen LogP contribution in [0, 0.1) is 0 Å². The van der Waals surface area contributed by atoms with Crippen molar-refractivity contribution in [1.82, 2.24) is 5.32 Å². The molecule has 0 aliphatic rings. The summed E-state index contributed by atoms with van der Waals surface area (Å²) in [5.74, 6) is -2.28. The molecule has 0 saturated carbocycles. The summed E-state index contributed by atoms with van der Waals surface area (Å²) in [6.07, 6.45) is -1.11. The summed E-state index contributed by atoms with van der Waals surface area (Å²) in [5.41, 5.74) is -2.03. The third kappa shape index (κ3) is 3.79. The van der Waals surface area contributed by atoms with Gasteiger partial charge in [0.1, 0.15) is 6.61 Å². The van der Waals surface area contributed by atoms with E-state index in [0.29, 0.717) is 5.56 Å². The van der Waals surface area contributed by atoms with E-state index in [1.165, 1.54) is 0 Å². The van der Waals surface area contributed by atoms with E-state index in [1.807, 2.05) is 0 Å². The summed E-state index contributed by atoms with van der Waals surface area (Å²) >= 11 is 0. The molecule has 0 aliphatic heterocycles. The Balaban J connectivity index is 2.64. The fourth-order valence-corrected chi connectivity index (χ4v) is 1.34. The van der Waals surface area contributed by atoms with Crippen LogP contribution in [0.15, 0.2) is 30.3 Å². The Morgan fingerprint density at radius 1 is 1.25 bits per heavy atom. The number of ether oxygens (including phenoxy) is 2. The SMILES string of the molecule is COC(=O)C(O)(NC(=O)OCc1ccccc1)C(C)=O. The number of esters is 1. The van der Waals surface area contributed by atoms with Crippen molar-refractivity contribution in [2.75, 3.05) is 7.11 Å². The summed E-state index contributed by atoms with van der Waals surface area (Å²) < 4.78 is 9.06. The number of Topliss-reactive ketones (excluding diaryl/α,β-unsaturated/α-hetero) is 1. The van der Waals surface area contributed by atoms with Gasteiger partial charge in [-0.2, -0.15) is 0 Å². The van der Waals surface area contributed by atoms with Crippen molar-refractivity contribution in [1.29, 1.82) is 0 Å². The third-order valence-electron chi connectivity index (χ3n) is 2.49. The molecule has 0 bridgehead atoms. The van der Waals surface area contributed by atoms with Gasteiger partial charge in [-0.25, -0.2) is 9.59 Å². The van der Waals surface area contributed by atoms with Gasteiger partial charge in [-0.05, 0) is 5.56 Å². The summed E-state index contributed by atoms with van der Waals surface area (Å²) in [4.78, 5) is 34.1. The number of benzene rings is 1. The van der Waals surface area contributed by atoms with E-state index in [9.17, 15) is 19.5 Å². The standard InChI is InChI=1S/C13H15NO6/c1-9(15)13(18,11(16)19-2)14-12(17)20-8-10-6-4-3-5-7-10/h3-7,18H,8H2,1-2H3,(H,14,17). The molecule has 0 heterocycles. The molecule has 1 aromatic rings. The maximum absolute atomic E-state index is 11.5. The number of hydrogen-bond acceptors (Lipinski definition) is 6. The minimum Gasteiger partial charge on any atom is -0.465 e. The minimum absolute atomic E-state index is 0.0676. The lowest BCUT2D eigenvalue weighted by Crippen LogP contribution is -2.60. The number of methoxy groups -OCH3 is 1. The zero-order valence-electron chi connectivity index (χ0n) is 11.1. The van der Waals surface area contributed by atoms with Gasteiger partial charge in [0, 0.05) is 6.92 Å². The van der Waals surface area contributed by atoms with Gasteiger partial charge in [-0.3, -0.25) is 10.1 Å². The number of ketones is 1. The Morgan fingerprint density at radius 2 is 1.85 bits per heavy atom. The number of alkyl carbamates (subject to hydrolysis) is 1. The normalized spacial score (nSPS) is 12.9. The molecule has 1 unspecified atom stereocenters. The lowest BCUT2D eigenvalue weighted by atomic mass is 10.1. The third-order valence-corrected chi connectivity index (χ3v) is 2.49. The first kappa shape index (κ1) is 15.6. The van der Waals surface area contributed by atoms with Gasteiger partial charge in [0.2, 0.25) is 0 Å². The highest BCUT2D eigenvalue weighted by Gasteiger charge is 2.44. The Morgan fingerprint density at radius 3 is 2.35 bits per heavy atom. The second-order valence-electron chi connectivity index (χ2n) is 3.94. The lowest BCUT2D eigenvalue weighted by Gasteiger charge is -2.22. The van der Waals surface area contributed by atoms with Gasteiger partial charge in [0.05, 0.1) is 7.11 Å². The van der Waals surface area contributed by atoms with Crippen LogP contribution >= 0.6 is 0 Å². The molecule has 1 aromatic carbocycles. The van der Waals surface area contributed by atoms with Crippen LogP contribution in [0.25, 0.3) is 0 Å². The minimum atomic E-state index is -2.75. The molecule has 108 valence electrons. The van der Waals surface area contributed by atoms with Gasteiger partial charge in [0.15, 0.2) is 5.78 Å². The molecule has 0 saturated heterocycles. The summed E-state index contributed by atoms with van der Waals surface area (Å²) in [5, 5.41) is 11.6. The van der Waals surface area contributed by atoms with E-state index in [4.69, 9.17) is 4.74 Å². The van der Waals surface area contributed by atoms with E-state index in [2.05, 4.69) is 4.74 Å². The molecule has 0 spiro atoms. The molecule has 1 atom stereocenters. The van der Waals surface area contributed by atoms with Crippen LogP contribution in [-0.2, 0) is 25.7 Å². The number of amides is 1. The molecule has 7 nitrogen and oxygen atoms in total. The largest absolute Gasteiger partial charge is 0.465 e. The van der Waals surface area contributed by atoms with Crippen molar-refractivity contribution >= 4 is 17.8 Å². The zero-order chi connectivity index (χ0) is 15.2. The number of aliphatic hydroxyl groups is 1. The average molecular weight is 281 g/mol. The maximum atomic E-state index is 11.5. The molecular formula is C13H15NO6. The highest BCUT2D eigenvalue weighted by Crippen LogP contribution is 2.06. The molecule has 1 amide bonds. The van der Waals surface area contributed by atoms with Crippen LogP contribution in [-0.4, -0.2) is 35.8 Å². The number of hydrogen-bond donors (Lipinski definition) is 2. The van der Waals surface area contributed by atoms with Crippen LogP contribution in [0.5, 0.6) is 0 Å². The topological polar surface area (TPSA) is 102 Å². The summed E-state index contributed by atoms with van der Waals surface area (Å²) in [6, 6.07) is 8.78. The smallest absolute Gasteiger partial charge is 0.410 e. The number of carbonyl (C=O) groups is 3. The van der Waals surface area contributed by atoms with Gasteiger partial charge in [-0.1, -0.05) is 30.3 Å². The monoisotopic (exact) mass is 281 g/mol. The van der Waals surface area contributed by atoms with Crippen LogP contribution in [0.1, 0.15) is 12.5 Å². The number of carbonyl (C=O) groups excluding carboxylic acids is 3. The molecule has 0 fully saturated rings. The number of rotatable bonds is 5. The predicted molar refractivity (Wildman–Crippen MR) is 67.4 cm³/mol. The highest BCUT2D eigenvalue weighted by molar-refractivity contribution is 6.07. The molecule has 7 heteroatoms. The van der Waals surface area contributed by atoms with Crippen molar-refractivity contribution in [3.05, 3.63) is 35.9 Å². The van der Waals surface area contributed by atoms with E-state index >= 15 is 0 Å². The van der Waals surface area contributed by atoms with Crippen LogP contribution in [0.4, 0.5) is 4.79 Å². The van der Waals surface area contributed by atoms with Crippen molar-refractivity contribution in [2.45, 2.75) is 19.3 Å². The average Bonchev–Trinajstić information content (AvgIpc) is 2.45. The molecule has 2 N–H and O–H groups in total. The van der Waals surface area contributed by atoms with Crippen molar-refractivity contribution in [2.24, 2.45) is 0 Å². The van der Waals surface area contributed by atoms with Crippen LogP contribution < -0.4 is 5.32 Å². The van der Waals surface area contributed by atoms with Crippen LogP contribution in [0.3, 0.4) is 0 Å². The van der Waals surface area contributed by atoms with Gasteiger partial charge in [-0.15, -0.1) is 0 Å². The van der Waals surface area contributed by atoms with Gasteiger partial charge >= 0.3 is 17.8 Å². The second-order valence-corrected chi connectivity index (χ2v) is 3.94. The molecular weight excluding hydrogens is 266 g/mol. The zero-order valence-corrected chi connectivity index (χ0v) is 11.1. The van der Waals surface area contributed by atoms with E-state index in [-0.39, 0.29) is 6.61 Å². The molecule has 0 aliphatic carbocycles. The van der Waals surface area contributed by atoms with Crippen molar-refractivity contribution < 1.29 is 29.0 Å². The second kappa shape index (κ2) is 6.67. The maximum Gasteiger partial charge on any atom is 0.410 e. The highest BCUT2D eigenvalue weighted by atomic mass is 16.6. The summed E-state index contributed by atoms with van der Waals surface area (Å²) in [7, 11) is 0.979. The Bertz CT molecular complexity index is 501. The Hall–Kier alpha value is -2.41. The predicted octanol–water partition coefficient (Wildman–Crippen LogP) is 0.363. The molecule has 20 heavy (non-hydrogen) atoms. The molecule has 1 rings (SSSR count). The van der Waals surface area contributed by atoms with Crippen molar-refractivity contribution in [3.63, 3.8) is 0 Å². The Labute approximate surface area is 115 Å². The van der Waals surface area contributed by atoms with Crippen molar-refractivity contribution in [3.8, 4) is 0 Å². The lowest BCUT2D eigenvalue weighted by molar-refractivity contribution is -0.170. The molecule has 0 aromatic heterocycles. The Kier molecular flexibility index (Phi) is 5.22. The van der Waals surface area contributed by atoms with E-state index in [0.717, 1.165) is 14.0 Å². The first-order chi connectivity index (χ1) is 9.40. The quantitative estimate of drug-likeness (QED) is 0.459. The molecule has 0 radical (unpaired) electrons. The first-order valence-electron chi connectivity index (χ1n) is 5.71. The van der Waals surface area contributed by atoms with E-state index < -0.39 is 23.6 Å². The van der Waals surface area contributed by atoms with E-state index in [1.54, 1.807) is 35.6 Å².